The van der Waals surface area contributed by atoms with Crippen LogP contribution < -0.4 is 5.32 Å². The summed E-state index contributed by atoms with van der Waals surface area (Å²) in [6.45, 7) is 1.19. The normalized spacial score (nSPS) is 10.5. The molecule has 31 heavy (non-hydrogen) atoms. The summed E-state index contributed by atoms with van der Waals surface area (Å²) in [7, 11) is 1.68. The second kappa shape index (κ2) is 9.84. The predicted octanol–water partition coefficient (Wildman–Crippen LogP) is 5.44. The van der Waals surface area contributed by atoms with E-state index in [2.05, 4.69) is 27.1 Å². The van der Waals surface area contributed by atoms with E-state index in [0.717, 1.165) is 39.0 Å². The van der Waals surface area contributed by atoms with Gasteiger partial charge in [0.15, 0.2) is 0 Å². The minimum absolute atomic E-state index is 0.258. The molecule has 3 aromatic carbocycles. The van der Waals surface area contributed by atoms with Crippen LogP contribution in [-0.2, 0) is 11.3 Å². The molecule has 1 heterocycles. The number of fused-ring (bicyclic) bond motifs is 1. The fourth-order valence-electron chi connectivity index (χ4n) is 3.37. The SMILES string of the molecule is COCc1ccccc1C#CCCNc1ncnc2ccc(-c3cccc(F)c3)cc12. The van der Waals surface area contributed by atoms with E-state index < -0.39 is 0 Å². The Morgan fingerprint density at radius 2 is 1.84 bits per heavy atom. The van der Waals surface area contributed by atoms with Crippen molar-refractivity contribution in [1.82, 2.24) is 9.97 Å². The van der Waals surface area contributed by atoms with Gasteiger partial charge in [-0.15, -0.1) is 0 Å². The summed E-state index contributed by atoms with van der Waals surface area (Å²) in [6.07, 6.45) is 2.20. The van der Waals surface area contributed by atoms with Crippen LogP contribution in [0.25, 0.3) is 22.0 Å². The standard InChI is InChI=1S/C26H22FN3O/c1-31-17-22-9-3-2-7-19(22)8-4-5-14-28-26-24-16-21(12-13-25(24)29-18-30-26)20-10-6-11-23(27)15-20/h2-3,6-7,9-13,15-16,18H,5,14,17H2,1H3,(H,28,29,30). The number of hydrogen-bond acceptors (Lipinski definition) is 4. The molecule has 4 nitrogen and oxygen atoms in total. The molecule has 4 aromatic rings. The summed E-state index contributed by atoms with van der Waals surface area (Å²) >= 11 is 0. The first kappa shape index (κ1) is 20.5. The zero-order chi connectivity index (χ0) is 21.5. The molecule has 0 radical (unpaired) electrons. The van der Waals surface area contributed by atoms with Crippen molar-refractivity contribution in [3.8, 4) is 23.0 Å². The topological polar surface area (TPSA) is 47.0 Å². The van der Waals surface area contributed by atoms with Crippen LogP contribution in [0.2, 0.25) is 0 Å². The van der Waals surface area contributed by atoms with Crippen LogP contribution in [0.1, 0.15) is 17.5 Å². The molecule has 0 fully saturated rings. The first-order valence-electron chi connectivity index (χ1n) is 10.0. The van der Waals surface area contributed by atoms with Gasteiger partial charge in [0.2, 0.25) is 0 Å². The van der Waals surface area contributed by atoms with Crippen molar-refractivity contribution in [1.29, 1.82) is 0 Å². The van der Waals surface area contributed by atoms with Gasteiger partial charge < -0.3 is 10.1 Å². The third-order valence-electron chi connectivity index (χ3n) is 4.88. The molecule has 0 amide bonds. The Labute approximate surface area is 181 Å². The Hall–Kier alpha value is -3.75. The summed E-state index contributed by atoms with van der Waals surface area (Å²) in [6, 6.07) is 20.4. The summed E-state index contributed by atoms with van der Waals surface area (Å²) < 4.78 is 18.8. The molecular weight excluding hydrogens is 389 g/mol. The number of methoxy groups -OCH3 is 1. The van der Waals surface area contributed by atoms with Gasteiger partial charge in [0.1, 0.15) is 18.0 Å². The van der Waals surface area contributed by atoms with Crippen molar-refractivity contribution >= 4 is 16.7 Å². The van der Waals surface area contributed by atoms with Crippen molar-refractivity contribution in [3.05, 3.63) is 90.0 Å². The van der Waals surface area contributed by atoms with Crippen LogP contribution in [0.5, 0.6) is 0 Å². The molecule has 4 rings (SSSR count). The number of nitrogens with one attached hydrogen (secondary N) is 1. The minimum atomic E-state index is -0.258. The Morgan fingerprint density at radius 1 is 0.968 bits per heavy atom. The van der Waals surface area contributed by atoms with Crippen molar-refractivity contribution in [2.45, 2.75) is 13.0 Å². The summed E-state index contributed by atoms with van der Waals surface area (Å²) in [4.78, 5) is 8.73. The van der Waals surface area contributed by atoms with E-state index in [1.807, 2.05) is 48.5 Å². The van der Waals surface area contributed by atoms with Gasteiger partial charge in [0.05, 0.1) is 12.1 Å². The van der Waals surface area contributed by atoms with Gasteiger partial charge in [-0.05, 0) is 47.0 Å². The van der Waals surface area contributed by atoms with Crippen LogP contribution in [0.4, 0.5) is 10.2 Å². The van der Waals surface area contributed by atoms with Crippen LogP contribution in [-0.4, -0.2) is 23.6 Å². The lowest BCUT2D eigenvalue weighted by Crippen LogP contribution is -2.03. The molecule has 0 saturated carbocycles. The number of anilines is 1. The maximum Gasteiger partial charge on any atom is 0.137 e. The fraction of sp³-hybridized carbons (Fsp3) is 0.154. The van der Waals surface area contributed by atoms with Gasteiger partial charge in [-0.3, -0.25) is 0 Å². The van der Waals surface area contributed by atoms with Gasteiger partial charge in [0.25, 0.3) is 0 Å². The maximum atomic E-state index is 13.6. The molecule has 0 aliphatic carbocycles. The number of aromatic nitrogens is 2. The van der Waals surface area contributed by atoms with Crippen molar-refractivity contribution in [2.24, 2.45) is 0 Å². The third kappa shape index (κ3) is 5.06. The highest BCUT2D eigenvalue weighted by Crippen LogP contribution is 2.27. The zero-order valence-electron chi connectivity index (χ0n) is 17.2. The van der Waals surface area contributed by atoms with Gasteiger partial charge in [-0.2, -0.15) is 0 Å². The number of benzene rings is 3. The number of halogens is 1. The molecule has 0 saturated heterocycles. The van der Waals surface area contributed by atoms with E-state index in [0.29, 0.717) is 19.6 Å². The number of ether oxygens (including phenoxy) is 1. The molecule has 0 unspecified atom stereocenters. The van der Waals surface area contributed by atoms with E-state index >= 15 is 0 Å². The van der Waals surface area contributed by atoms with Crippen LogP contribution in [0.15, 0.2) is 73.1 Å². The second-order valence-electron chi connectivity index (χ2n) is 7.03. The summed E-state index contributed by atoms with van der Waals surface area (Å²) in [5.41, 5.74) is 4.63. The number of nitrogens with zero attached hydrogens (tertiary/aromatic N) is 2. The molecule has 1 aromatic heterocycles. The maximum absolute atomic E-state index is 13.6. The first-order valence-corrected chi connectivity index (χ1v) is 10.0. The molecule has 0 aliphatic rings. The molecule has 1 N–H and O–H groups in total. The Balaban J connectivity index is 1.49. The largest absolute Gasteiger partial charge is 0.380 e. The Kier molecular flexibility index (Phi) is 6.51. The average Bonchev–Trinajstić information content (AvgIpc) is 2.80. The average molecular weight is 411 g/mol. The monoisotopic (exact) mass is 411 g/mol. The Bertz CT molecular complexity index is 1260. The predicted molar refractivity (Wildman–Crippen MR) is 122 cm³/mol. The van der Waals surface area contributed by atoms with Crippen molar-refractivity contribution in [3.63, 3.8) is 0 Å². The molecular formula is C26H22FN3O. The molecule has 0 bridgehead atoms. The minimum Gasteiger partial charge on any atom is -0.380 e. The molecule has 0 aliphatic heterocycles. The van der Waals surface area contributed by atoms with Gasteiger partial charge in [-0.1, -0.05) is 48.2 Å². The number of hydrogen-bond donors (Lipinski definition) is 1. The van der Waals surface area contributed by atoms with E-state index in [1.54, 1.807) is 19.5 Å². The van der Waals surface area contributed by atoms with Gasteiger partial charge in [0, 0.05) is 31.0 Å². The van der Waals surface area contributed by atoms with Crippen LogP contribution in [0, 0.1) is 17.7 Å². The highest BCUT2D eigenvalue weighted by molar-refractivity contribution is 5.92. The molecule has 154 valence electrons. The molecule has 0 atom stereocenters. The van der Waals surface area contributed by atoms with Gasteiger partial charge in [-0.25, -0.2) is 14.4 Å². The van der Waals surface area contributed by atoms with Gasteiger partial charge >= 0.3 is 0 Å². The van der Waals surface area contributed by atoms with Crippen molar-refractivity contribution in [2.75, 3.05) is 19.0 Å². The fourth-order valence-corrected chi connectivity index (χ4v) is 3.37. The lowest BCUT2D eigenvalue weighted by Gasteiger charge is -2.09. The third-order valence-corrected chi connectivity index (χ3v) is 4.88. The molecule has 5 heteroatoms. The van der Waals surface area contributed by atoms with Crippen LogP contribution >= 0.6 is 0 Å². The first-order chi connectivity index (χ1) is 15.2. The van der Waals surface area contributed by atoms with E-state index in [4.69, 9.17) is 4.74 Å². The highest BCUT2D eigenvalue weighted by atomic mass is 19.1. The highest BCUT2D eigenvalue weighted by Gasteiger charge is 2.06. The zero-order valence-corrected chi connectivity index (χ0v) is 17.2. The lowest BCUT2D eigenvalue weighted by atomic mass is 10.0. The van der Waals surface area contributed by atoms with E-state index in [9.17, 15) is 4.39 Å². The summed E-state index contributed by atoms with van der Waals surface area (Å²) in [5, 5.41) is 4.24. The second-order valence-corrected chi connectivity index (χ2v) is 7.03. The molecule has 0 spiro atoms. The Morgan fingerprint density at radius 3 is 2.71 bits per heavy atom. The summed E-state index contributed by atoms with van der Waals surface area (Å²) in [5.74, 6) is 6.91. The number of rotatable bonds is 6. The lowest BCUT2D eigenvalue weighted by molar-refractivity contribution is 0.184. The smallest absolute Gasteiger partial charge is 0.137 e. The van der Waals surface area contributed by atoms with Crippen molar-refractivity contribution < 1.29 is 9.13 Å². The van der Waals surface area contributed by atoms with E-state index in [-0.39, 0.29) is 5.82 Å². The quantitative estimate of drug-likeness (QED) is 0.339. The van der Waals surface area contributed by atoms with E-state index in [1.165, 1.54) is 12.1 Å². The van der Waals surface area contributed by atoms with Crippen LogP contribution in [0.3, 0.4) is 0 Å².